The zero-order chi connectivity index (χ0) is 19.1. The summed E-state index contributed by atoms with van der Waals surface area (Å²) in [5, 5.41) is 0.572. The number of aryl methyl sites for hydroxylation is 1. The van der Waals surface area contributed by atoms with Crippen LogP contribution in [0.2, 0.25) is 5.02 Å². The third-order valence-corrected chi connectivity index (χ3v) is 5.67. The molecule has 0 spiro atoms. The molecule has 0 aliphatic carbocycles. The molecular weight excluding hydrogens is 382 g/mol. The van der Waals surface area contributed by atoms with Crippen LogP contribution in [0.15, 0.2) is 35.3 Å². The maximum absolute atomic E-state index is 12.0. The average Bonchev–Trinajstić information content (AvgIpc) is 3.33. The molecule has 3 rings (SSSR count). The van der Waals surface area contributed by atoms with Gasteiger partial charge in [0.1, 0.15) is 12.4 Å². The molecular formula is C21H24ClNO3S. The van der Waals surface area contributed by atoms with Crippen molar-refractivity contribution >= 4 is 34.6 Å². The maximum atomic E-state index is 12.0. The number of ketones is 1. The molecule has 2 heterocycles. The fraction of sp³-hybridized carbons (Fsp3) is 0.429. The van der Waals surface area contributed by atoms with Crippen LogP contribution in [0.3, 0.4) is 0 Å². The molecule has 27 heavy (non-hydrogen) atoms. The number of carbonyl (C=O) groups excluding carboxylic acids is 1. The Hall–Kier alpha value is -1.85. The number of hydrogen-bond acceptors (Lipinski definition) is 5. The van der Waals surface area contributed by atoms with Gasteiger partial charge in [0.2, 0.25) is 5.90 Å². The van der Waals surface area contributed by atoms with Gasteiger partial charge < -0.3 is 9.47 Å². The van der Waals surface area contributed by atoms with E-state index in [0.29, 0.717) is 42.8 Å². The minimum atomic E-state index is 0.257. The van der Waals surface area contributed by atoms with E-state index in [1.54, 1.807) is 11.3 Å². The summed E-state index contributed by atoms with van der Waals surface area (Å²) in [7, 11) is 0. The summed E-state index contributed by atoms with van der Waals surface area (Å²) in [5.74, 6) is 1.59. The van der Waals surface area contributed by atoms with Crippen LogP contribution in [0, 0.1) is 6.92 Å². The van der Waals surface area contributed by atoms with Crippen LogP contribution in [-0.4, -0.2) is 31.4 Å². The van der Waals surface area contributed by atoms with E-state index in [1.807, 2.05) is 37.3 Å². The zero-order valence-corrected chi connectivity index (χ0v) is 17.1. The van der Waals surface area contributed by atoms with Crippen LogP contribution < -0.4 is 4.74 Å². The fourth-order valence-corrected chi connectivity index (χ4v) is 3.96. The largest absolute Gasteiger partial charge is 0.492 e. The highest BCUT2D eigenvalue weighted by Crippen LogP contribution is 2.27. The molecule has 6 heteroatoms. The first-order chi connectivity index (χ1) is 13.1. The predicted octanol–water partition coefficient (Wildman–Crippen LogP) is 5.70. The summed E-state index contributed by atoms with van der Waals surface area (Å²) in [5.41, 5.74) is 0.885. The molecule has 1 aliphatic heterocycles. The molecule has 0 radical (unpaired) electrons. The van der Waals surface area contributed by atoms with Crippen molar-refractivity contribution in [2.24, 2.45) is 4.99 Å². The zero-order valence-electron chi connectivity index (χ0n) is 15.5. The lowest BCUT2D eigenvalue weighted by Gasteiger charge is -2.09. The third-order valence-electron chi connectivity index (χ3n) is 4.34. The minimum absolute atomic E-state index is 0.257. The Labute approximate surface area is 169 Å². The highest BCUT2D eigenvalue weighted by atomic mass is 35.5. The van der Waals surface area contributed by atoms with E-state index in [1.165, 1.54) is 4.88 Å². The summed E-state index contributed by atoms with van der Waals surface area (Å²) >= 11 is 7.87. The number of hydrogen-bond donors (Lipinski definition) is 0. The Morgan fingerprint density at radius 3 is 2.78 bits per heavy atom. The van der Waals surface area contributed by atoms with E-state index >= 15 is 0 Å². The molecule has 1 aromatic carbocycles. The Morgan fingerprint density at radius 2 is 2.07 bits per heavy atom. The second kappa shape index (κ2) is 9.90. The van der Waals surface area contributed by atoms with Gasteiger partial charge in [-0.1, -0.05) is 24.4 Å². The number of rotatable bonds is 10. The first kappa shape index (κ1) is 19.9. The van der Waals surface area contributed by atoms with E-state index in [9.17, 15) is 4.79 Å². The lowest BCUT2D eigenvalue weighted by molar-refractivity contribution is 0.0983. The van der Waals surface area contributed by atoms with Crippen molar-refractivity contribution in [3.05, 3.63) is 50.7 Å². The van der Waals surface area contributed by atoms with Crippen LogP contribution >= 0.6 is 22.9 Å². The van der Waals surface area contributed by atoms with Gasteiger partial charge in [0.25, 0.3) is 0 Å². The molecule has 0 amide bonds. The van der Waals surface area contributed by atoms with Gasteiger partial charge in [-0.3, -0.25) is 4.79 Å². The van der Waals surface area contributed by atoms with Gasteiger partial charge in [-0.05, 0) is 50.1 Å². The Morgan fingerprint density at radius 1 is 1.22 bits per heavy atom. The van der Waals surface area contributed by atoms with Crippen molar-refractivity contribution in [3.8, 4) is 5.75 Å². The normalized spacial score (nSPS) is 13.3. The first-order valence-corrected chi connectivity index (χ1v) is 10.5. The highest BCUT2D eigenvalue weighted by molar-refractivity contribution is 7.14. The van der Waals surface area contributed by atoms with Crippen LogP contribution in [0.5, 0.6) is 5.75 Å². The molecule has 0 bridgehead atoms. The number of thiophene rings is 1. The maximum Gasteiger partial charge on any atom is 0.216 e. The van der Waals surface area contributed by atoms with Crippen LogP contribution in [0.25, 0.3) is 0 Å². The smallest absolute Gasteiger partial charge is 0.216 e. The van der Waals surface area contributed by atoms with Crippen molar-refractivity contribution < 1.29 is 14.3 Å². The summed E-state index contributed by atoms with van der Waals surface area (Å²) in [4.78, 5) is 18.4. The standard InChI is InChI=1S/C21H24ClNO3S/c1-15-7-10-20(27-15)18(24)6-4-2-3-5-12-25-19-9-8-16(14-17(19)22)21-23-11-13-26-21/h7-10,14H,2-6,11-13H2,1H3. The van der Waals surface area contributed by atoms with Crippen LogP contribution in [0.1, 0.15) is 52.2 Å². The second-order valence-corrected chi connectivity index (χ2v) is 8.22. The molecule has 0 unspecified atom stereocenters. The van der Waals surface area contributed by atoms with E-state index in [4.69, 9.17) is 21.1 Å². The van der Waals surface area contributed by atoms with E-state index in [2.05, 4.69) is 4.99 Å². The van der Waals surface area contributed by atoms with Crippen molar-refractivity contribution in [1.29, 1.82) is 0 Å². The quantitative estimate of drug-likeness (QED) is 0.376. The number of unbranched alkanes of at least 4 members (excludes halogenated alkanes) is 3. The summed E-state index contributed by atoms with van der Waals surface area (Å²) in [6.45, 7) is 3.97. The summed E-state index contributed by atoms with van der Waals surface area (Å²) in [6, 6.07) is 9.55. The first-order valence-electron chi connectivity index (χ1n) is 9.33. The molecule has 0 fully saturated rings. The summed E-state index contributed by atoms with van der Waals surface area (Å²) in [6.07, 6.45) is 4.56. The monoisotopic (exact) mass is 405 g/mol. The van der Waals surface area contributed by atoms with Gasteiger partial charge in [0.05, 0.1) is 23.1 Å². The molecule has 0 N–H and O–H groups in total. The van der Waals surface area contributed by atoms with E-state index in [0.717, 1.165) is 36.1 Å². The van der Waals surface area contributed by atoms with Crippen LogP contribution in [-0.2, 0) is 4.74 Å². The van der Waals surface area contributed by atoms with Crippen molar-refractivity contribution in [2.75, 3.05) is 19.8 Å². The number of halogens is 1. The fourth-order valence-electron chi connectivity index (χ4n) is 2.89. The highest BCUT2D eigenvalue weighted by Gasteiger charge is 2.12. The lowest BCUT2D eigenvalue weighted by Crippen LogP contribution is -2.02. The molecule has 1 aromatic heterocycles. The topological polar surface area (TPSA) is 47.9 Å². The summed E-state index contributed by atoms with van der Waals surface area (Å²) < 4.78 is 11.2. The molecule has 2 aromatic rings. The molecule has 144 valence electrons. The Bertz CT molecular complexity index is 816. The lowest BCUT2D eigenvalue weighted by atomic mass is 10.1. The third kappa shape index (κ3) is 5.81. The number of carbonyl (C=O) groups is 1. The van der Waals surface area contributed by atoms with Gasteiger partial charge in [0.15, 0.2) is 5.78 Å². The molecule has 0 saturated heterocycles. The van der Waals surface area contributed by atoms with Gasteiger partial charge in [-0.15, -0.1) is 11.3 Å². The average molecular weight is 406 g/mol. The molecule has 0 atom stereocenters. The van der Waals surface area contributed by atoms with Crippen molar-refractivity contribution in [1.82, 2.24) is 0 Å². The Kier molecular flexibility index (Phi) is 7.30. The number of benzene rings is 1. The number of ether oxygens (including phenoxy) is 2. The Balaban J connectivity index is 1.31. The SMILES string of the molecule is Cc1ccc(C(=O)CCCCCCOc2ccc(C3=NCCO3)cc2Cl)s1. The molecule has 0 saturated carbocycles. The van der Waals surface area contributed by atoms with Crippen molar-refractivity contribution in [2.45, 2.75) is 39.0 Å². The second-order valence-electron chi connectivity index (χ2n) is 6.53. The molecule has 1 aliphatic rings. The molecule has 4 nitrogen and oxygen atoms in total. The van der Waals surface area contributed by atoms with Gasteiger partial charge in [-0.25, -0.2) is 4.99 Å². The van der Waals surface area contributed by atoms with Gasteiger partial charge >= 0.3 is 0 Å². The number of nitrogens with zero attached hydrogens (tertiary/aromatic N) is 1. The van der Waals surface area contributed by atoms with Gasteiger partial charge in [0, 0.05) is 16.9 Å². The van der Waals surface area contributed by atoms with Crippen LogP contribution in [0.4, 0.5) is 0 Å². The van der Waals surface area contributed by atoms with E-state index < -0.39 is 0 Å². The number of aliphatic imine (C=N–C) groups is 1. The van der Waals surface area contributed by atoms with Crippen molar-refractivity contribution in [3.63, 3.8) is 0 Å². The number of Topliss-reactive ketones (excluding diaryl/α,β-unsaturated/α-hetero) is 1. The van der Waals surface area contributed by atoms with E-state index in [-0.39, 0.29) is 5.78 Å². The minimum Gasteiger partial charge on any atom is -0.492 e. The predicted molar refractivity (Wildman–Crippen MR) is 111 cm³/mol. The van der Waals surface area contributed by atoms with Gasteiger partial charge in [-0.2, -0.15) is 0 Å².